The van der Waals surface area contributed by atoms with E-state index < -0.39 is 0 Å². The minimum atomic E-state index is -0.260. The van der Waals surface area contributed by atoms with Gasteiger partial charge in [-0.05, 0) is 12.3 Å². The summed E-state index contributed by atoms with van der Waals surface area (Å²) in [6, 6.07) is 0. The van der Waals surface area contributed by atoms with Crippen LogP contribution in [0.2, 0.25) is 0 Å². The van der Waals surface area contributed by atoms with Gasteiger partial charge in [0, 0.05) is 0 Å². The monoisotopic (exact) mass is 256 g/mol. The van der Waals surface area contributed by atoms with Gasteiger partial charge in [0.1, 0.15) is 6.10 Å². The molecule has 0 saturated carbocycles. The van der Waals surface area contributed by atoms with E-state index in [1.165, 1.54) is 51.4 Å². The van der Waals surface area contributed by atoms with Crippen molar-refractivity contribution in [2.45, 2.75) is 96.9 Å². The maximum Gasteiger partial charge on any atom is 0.110 e. The van der Waals surface area contributed by atoms with Crippen LogP contribution in [0.25, 0.3) is 0 Å². The molecule has 1 aliphatic heterocycles. The quantitative estimate of drug-likeness (QED) is 0.441. The zero-order valence-corrected chi connectivity index (χ0v) is 12.5. The Morgan fingerprint density at radius 1 is 0.944 bits per heavy atom. The predicted octanol–water partition coefficient (Wildman–Crippen LogP) is 4.30. The number of aliphatic hydroxyl groups is 1. The molecule has 0 spiro atoms. The molecule has 0 aromatic heterocycles. The first kappa shape index (κ1) is 16.0. The largest absolute Gasteiger partial charge is 0.390 e. The second-order valence-electron chi connectivity index (χ2n) is 6.14. The number of unbranched alkanes of at least 4 members (excludes halogenated alkanes) is 7. The first-order valence-electron chi connectivity index (χ1n) is 8.00. The summed E-state index contributed by atoms with van der Waals surface area (Å²) in [5, 5.41) is 9.83. The van der Waals surface area contributed by atoms with Crippen LogP contribution in [0.15, 0.2) is 0 Å². The molecule has 1 saturated heterocycles. The van der Waals surface area contributed by atoms with Gasteiger partial charge in [0.05, 0.1) is 12.2 Å². The first-order chi connectivity index (χ1) is 8.66. The highest BCUT2D eigenvalue weighted by Crippen LogP contribution is 2.32. The summed E-state index contributed by atoms with van der Waals surface area (Å²) in [4.78, 5) is 0. The molecule has 0 aliphatic carbocycles. The van der Waals surface area contributed by atoms with Gasteiger partial charge in [-0.15, -0.1) is 0 Å². The fourth-order valence-electron chi connectivity index (χ4n) is 2.55. The number of ether oxygens (including phenoxy) is 1. The third kappa shape index (κ3) is 6.19. The van der Waals surface area contributed by atoms with Gasteiger partial charge in [0.25, 0.3) is 0 Å². The highest BCUT2D eigenvalue weighted by Gasteiger charge is 2.44. The molecule has 0 amide bonds. The molecule has 1 aliphatic rings. The lowest BCUT2D eigenvalue weighted by Crippen LogP contribution is -2.23. The van der Waals surface area contributed by atoms with Crippen LogP contribution >= 0.6 is 0 Å². The van der Waals surface area contributed by atoms with E-state index in [1.54, 1.807) is 0 Å². The molecule has 0 bridgehead atoms. The van der Waals surface area contributed by atoms with Gasteiger partial charge < -0.3 is 9.84 Å². The van der Waals surface area contributed by atoms with Crippen LogP contribution in [-0.4, -0.2) is 23.4 Å². The molecule has 0 aromatic rings. The Balaban J connectivity index is 1.85. The summed E-state index contributed by atoms with van der Waals surface area (Å²) >= 11 is 0. The maximum atomic E-state index is 9.83. The van der Waals surface area contributed by atoms with Crippen LogP contribution in [-0.2, 0) is 4.74 Å². The third-order valence-electron chi connectivity index (χ3n) is 3.98. The Hall–Kier alpha value is -0.0800. The normalized spacial score (nSPS) is 24.5. The predicted molar refractivity (Wildman–Crippen MR) is 76.7 cm³/mol. The van der Waals surface area contributed by atoms with Crippen molar-refractivity contribution >= 4 is 0 Å². The summed E-state index contributed by atoms with van der Waals surface area (Å²) < 4.78 is 5.55. The Kier molecular flexibility index (Phi) is 7.92. The molecule has 1 unspecified atom stereocenters. The fraction of sp³-hybridized carbons (Fsp3) is 1.00. The zero-order valence-electron chi connectivity index (χ0n) is 12.5. The Morgan fingerprint density at radius 3 is 2.06 bits per heavy atom. The molecule has 3 atom stereocenters. The number of hydrogen-bond donors (Lipinski definition) is 1. The number of rotatable bonds is 11. The standard InChI is InChI=1S/C16H32O2/c1-4-5-6-7-8-9-10-11-12-14-16(18-14)15(17)13(2)3/h13-17H,4-12H2,1-3H3/t14-,15?,16+/m0/s1. The van der Waals surface area contributed by atoms with E-state index in [9.17, 15) is 5.11 Å². The minimum absolute atomic E-state index is 0.134. The van der Waals surface area contributed by atoms with E-state index >= 15 is 0 Å². The van der Waals surface area contributed by atoms with Crippen molar-refractivity contribution in [3.63, 3.8) is 0 Å². The van der Waals surface area contributed by atoms with E-state index in [0.717, 1.165) is 6.42 Å². The molecule has 1 heterocycles. The third-order valence-corrected chi connectivity index (χ3v) is 3.98. The molecule has 1 fully saturated rings. The van der Waals surface area contributed by atoms with Crippen molar-refractivity contribution in [1.82, 2.24) is 0 Å². The molecule has 0 aromatic carbocycles. The molecule has 0 radical (unpaired) electrons. The molecule has 2 heteroatoms. The van der Waals surface area contributed by atoms with Crippen LogP contribution in [0.3, 0.4) is 0 Å². The van der Waals surface area contributed by atoms with Crippen LogP contribution < -0.4 is 0 Å². The Bertz CT molecular complexity index is 203. The molecule has 2 nitrogen and oxygen atoms in total. The summed E-state index contributed by atoms with van der Waals surface area (Å²) in [5.74, 6) is 0.318. The van der Waals surface area contributed by atoms with Gasteiger partial charge in [-0.1, -0.05) is 72.1 Å². The summed E-state index contributed by atoms with van der Waals surface area (Å²) in [6.07, 6.45) is 12.3. The SMILES string of the molecule is CCCCCCCCCC[C@@H]1O[C@H]1C(O)C(C)C. The molecule has 108 valence electrons. The Morgan fingerprint density at radius 2 is 1.50 bits per heavy atom. The van der Waals surface area contributed by atoms with Crippen molar-refractivity contribution in [2.24, 2.45) is 5.92 Å². The molecular weight excluding hydrogens is 224 g/mol. The van der Waals surface area contributed by atoms with Gasteiger partial charge in [-0.3, -0.25) is 0 Å². The lowest BCUT2D eigenvalue weighted by atomic mass is 10.00. The van der Waals surface area contributed by atoms with Crippen molar-refractivity contribution in [2.75, 3.05) is 0 Å². The van der Waals surface area contributed by atoms with Crippen molar-refractivity contribution in [1.29, 1.82) is 0 Å². The van der Waals surface area contributed by atoms with E-state index in [1.807, 2.05) is 0 Å². The van der Waals surface area contributed by atoms with Crippen LogP contribution in [0.4, 0.5) is 0 Å². The topological polar surface area (TPSA) is 32.8 Å². The van der Waals surface area contributed by atoms with Gasteiger partial charge >= 0.3 is 0 Å². The van der Waals surface area contributed by atoms with Gasteiger partial charge in [0.15, 0.2) is 0 Å². The van der Waals surface area contributed by atoms with Crippen LogP contribution in [0.5, 0.6) is 0 Å². The number of hydrogen-bond acceptors (Lipinski definition) is 2. The van der Waals surface area contributed by atoms with Gasteiger partial charge in [-0.25, -0.2) is 0 Å². The molecular formula is C16H32O2. The van der Waals surface area contributed by atoms with Crippen LogP contribution in [0.1, 0.15) is 78.6 Å². The molecule has 1 N–H and O–H groups in total. The lowest BCUT2D eigenvalue weighted by molar-refractivity contribution is 0.0922. The van der Waals surface area contributed by atoms with Crippen molar-refractivity contribution < 1.29 is 9.84 Å². The summed E-state index contributed by atoms with van der Waals surface area (Å²) in [6.45, 7) is 6.37. The van der Waals surface area contributed by atoms with E-state index in [-0.39, 0.29) is 12.2 Å². The van der Waals surface area contributed by atoms with Gasteiger partial charge in [-0.2, -0.15) is 0 Å². The highest BCUT2D eigenvalue weighted by molar-refractivity contribution is 4.91. The first-order valence-corrected chi connectivity index (χ1v) is 8.00. The second kappa shape index (κ2) is 8.92. The Labute approximate surface area is 113 Å². The maximum absolute atomic E-state index is 9.83. The molecule has 18 heavy (non-hydrogen) atoms. The average Bonchev–Trinajstić information content (AvgIpc) is 3.11. The number of aliphatic hydroxyl groups excluding tert-OH is 1. The fourth-order valence-corrected chi connectivity index (χ4v) is 2.55. The van der Waals surface area contributed by atoms with E-state index in [4.69, 9.17) is 4.74 Å². The average molecular weight is 256 g/mol. The zero-order chi connectivity index (χ0) is 13.4. The minimum Gasteiger partial charge on any atom is -0.390 e. The molecule has 1 rings (SSSR count). The smallest absolute Gasteiger partial charge is 0.110 e. The van der Waals surface area contributed by atoms with E-state index in [0.29, 0.717) is 12.0 Å². The lowest BCUT2D eigenvalue weighted by Gasteiger charge is -2.10. The van der Waals surface area contributed by atoms with E-state index in [2.05, 4.69) is 20.8 Å². The highest BCUT2D eigenvalue weighted by atomic mass is 16.6. The van der Waals surface area contributed by atoms with Crippen LogP contribution in [0, 0.1) is 5.92 Å². The second-order valence-corrected chi connectivity index (χ2v) is 6.14. The summed E-state index contributed by atoms with van der Waals surface area (Å²) in [7, 11) is 0. The van der Waals surface area contributed by atoms with Crippen molar-refractivity contribution in [3.05, 3.63) is 0 Å². The van der Waals surface area contributed by atoms with Crippen molar-refractivity contribution in [3.8, 4) is 0 Å². The number of epoxide rings is 1. The summed E-state index contributed by atoms with van der Waals surface area (Å²) in [5.41, 5.74) is 0. The van der Waals surface area contributed by atoms with Gasteiger partial charge in [0.2, 0.25) is 0 Å².